The lowest BCUT2D eigenvalue weighted by Gasteiger charge is -2.14. The molecule has 0 aromatic heterocycles. The Labute approximate surface area is 160 Å². The Morgan fingerprint density at radius 2 is 1.86 bits per heavy atom. The molecule has 152 valence electrons. The fourth-order valence-electron chi connectivity index (χ4n) is 2.47. The van der Waals surface area contributed by atoms with Crippen molar-refractivity contribution in [2.24, 2.45) is 4.99 Å². The summed E-state index contributed by atoms with van der Waals surface area (Å²) in [5, 5.41) is 5.90. The van der Waals surface area contributed by atoms with Crippen molar-refractivity contribution in [3.8, 4) is 11.5 Å². The molecule has 9 heteroatoms. The number of aliphatic imine (C=N–C) groups is 1. The molecule has 0 aliphatic carbocycles. The van der Waals surface area contributed by atoms with Gasteiger partial charge in [-0.15, -0.1) is 0 Å². The lowest BCUT2D eigenvalue weighted by atomic mass is 10.1. The van der Waals surface area contributed by atoms with E-state index in [9.17, 15) is 17.6 Å². The van der Waals surface area contributed by atoms with Crippen molar-refractivity contribution in [2.45, 2.75) is 19.6 Å². The predicted molar refractivity (Wildman–Crippen MR) is 97.9 cm³/mol. The number of rotatable bonds is 8. The number of guanidine groups is 1. The highest BCUT2D eigenvalue weighted by molar-refractivity contribution is 5.79. The maximum Gasteiger partial charge on any atom is 0.387 e. The molecule has 0 saturated heterocycles. The predicted octanol–water partition coefficient (Wildman–Crippen LogP) is 3.48. The van der Waals surface area contributed by atoms with Crippen molar-refractivity contribution in [3.05, 3.63) is 59.2 Å². The van der Waals surface area contributed by atoms with Crippen LogP contribution in [0.5, 0.6) is 11.5 Å². The number of alkyl halides is 2. The Bertz CT molecular complexity index is 816. The molecule has 0 heterocycles. The SMILES string of the molecule is CN=C(NCCc1ccc(OC)c(OC(F)F)c1)NCc1cc(F)ccc1F. The molecule has 0 bridgehead atoms. The van der Waals surface area contributed by atoms with Crippen molar-refractivity contribution < 1.29 is 27.0 Å². The summed E-state index contributed by atoms with van der Waals surface area (Å²) in [6.45, 7) is -2.47. The maximum atomic E-state index is 13.6. The van der Waals surface area contributed by atoms with E-state index in [1.165, 1.54) is 13.2 Å². The highest BCUT2D eigenvalue weighted by Gasteiger charge is 2.11. The largest absolute Gasteiger partial charge is 0.493 e. The molecule has 2 aromatic rings. The second-order valence-electron chi connectivity index (χ2n) is 5.70. The second kappa shape index (κ2) is 10.4. The molecule has 5 nitrogen and oxygen atoms in total. The van der Waals surface area contributed by atoms with Crippen molar-refractivity contribution in [2.75, 3.05) is 20.7 Å². The Kier molecular flexibility index (Phi) is 7.91. The van der Waals surface area contributed by atoms with Crippen LogP contribution in [0.15, 0.2) is 41.4 Å². The van der Waals surface area contributed by atoms with Crippen LogP contribution in [0.3, 0.4) is 0 Å². The van der Waals surface area contributed by atoms with Gasteiger partial charge in [0.15, 0.2) is 17.5 Å². The lowest BCUT2D eigenvalue weighted by molar-refractivity contribution is -0.0512. The summed E-state index contributed by atoms with van der Waals surface area (Å²) in [5.41, 5.74) is 0.919. The summed E-state index contributed by atoms with van der Waals surface area (Å²) in [4.78, 5) is 4.01. The summed E-state index contributed by atoms with van der Waals surface area (Å²) in [6, 6.07) is 7.98. The van der Waals surface area contributed by atoms with Gasteiger partial charge in [0.05, 0.1) is 7.11 Å². The van der Waals surface area contributed by atoms with E-state index in [4.69, 9.17) is 4.74 Å². The van der Waals surface area contributed by atoms with E-state index in [1.807, 2.05) is 0 Å². The third-order valence-corrected chi connectivity index (χ3v) is 3.83. The summed E-state index contributed by atoms with van der Waals surface area (Å²) >= 11 is 0. The van der Waals surface area contributed by atoms with Crippen LogP contribution in [-0.2, 0) is 13.0 Å². The van der Waals surface area contributed by atoms with Gasteiger partial charge in [0.25, 0.3) is 0 Å². The zero-order chi connectivity index (χ0) is 20.5. The molecule has 2 rings (SSSR count). The van der Waals surface area contributed by atoms with Crippen LogP contribution in [0, 0.1) is 11.6 Å². The van der Waals surface area contributed by atoms with Gasteiger partial charge in [0, 0.05) is 25.7 Å². The quantitative estimate of drug-likeness (QED) is 0.405. The maximum absolute atomic E-state index is 13.6. The van der Waals surface area contributed by atoms with Crippen LogP contribution < -0.4 is 20.1 Å². The lowest BCUT2D eigenvalue weighted by Crippen LogP contribution is -2.38. The van der Waals surface area contributed by atoms with E-state index < -0.39 is 18.2 Å². The van der Waals surface area contributed by atoms with Gasteiger partial charge in [-0.3, -0.25) is 4.99 Å². The molecule has 2 N–H and O–H groups in total. The highest BCUT2D eigenvalue weighted by atomic mass is 19.3. The average Bonchev–Trinajstić information content (AvgIpc) is 2.66. The molecular weight excluding hydrogens is 378 g/mol. The Balaban J connectivity index is 1.89. The number of ether oxygens (including phenoxy) is 2. The van der Waals surface area contributed by atoms with Gasteiger partial charge < -0.3 is 20.1 Å². The van der Waals surface area contributed by atoms with Crippen molar-refractivity contribution in [1.82, 2.24) is 10.6 Å². The number of halogens is 4. The third kappa shape index (κ3) is 6.33. The monoisotopic (exact) mass is 399 g/mol. The highest BCUT2D eigenvalue weighted by Crippen LogP contribution is 2.29. The molecule has 0 amide bonds. The molecule has 0 saturated carbocycles. The molecule has 0 radical (unpaired) electrons. The fraction of sp³-hybridized carbons (Fsp3) is 0.316. The first kappa shape index (κ1) is 21.3. The third-order valence-electron chi connectivity index (χ3n) is 3.83. The fourth-order valence-corrected chi connectivity index (χ4v) is 2.47. The van der Waals surface area contributed by atoms with Crippen molar-refractivity contribution in [1.29, 1.82) is 0 Å². The topological polar surface area (TPSA) is 54.9 Å². The van der Waals surface area contributed by atoms with Crippen LogP contribution in [0.25, 0.3) is 0 Å². The van der Waals surface area contributed by atoms with E-state index in [0.717, 1.165) is 23.8 Å². The van der Waals surface area contributed by atoms with Crippen LogP contribution in [0.1, 0.15) is 11.1 Å². The van der Waals surface area contributed by atoms with E-state index in [2.05, 4.69) is 20.4 Å². The smallest absolute Gasteiger partial charge is 0.387 e. The zero-order valence-corrected chi connectivity index (χ0v) is 15.4. The first-order valence-corrected chi connectivity index (χ1v) is 8.43. The number of hydrogen-bond acceptors (Lipinski definition) is 3. The number of benzene rings is 2. The normalized spacial score (nSPS) is 11.5. The van der Waals surface area contributed by atoms with E-state index in [1.54, 1.807) is 19.2 Å². The number of nitrogens with zero attached hydrogens (tertiary/aromatic N) is 1. The molecular formula is C19H21F4N3O2. The van der Waals surface area contributed by atoms with Gasteiger partial charge in [0.2, 0.25) is 0 Å². The van der Waals surface area contributed by atoms with Gasteiger partial charge in [-0.2, -0.15) is 8.78 Å². The molecule has 28 heavy (non-hydrogen) atoms. The Morgan fingerprint density at radius 1 is 1.07 bits per heavy atom. The van der Waals surface area contributed by atoms with Crippen molar-refractivity contribution >= 4 is 5.96 Å². The van der Waals surface area contributed by atoms with E-state index in [-0.39, 0.29) is 23.6 Å². The average molecular weight is 399 g/mol. The van der Waals surface area contributed by atoms with Gasteiger partial charge in [-0.25, -0.2) is 8.78 Å². The van der Waals surface area contributed by atoms with Gasteiger partial charge in [-0.05, 0) is 42.3 Å². The molecule has 0 atom stereocenters. The van der Waals surface area contributed by atoms with Crippen molar-refractivity contribution in [3.63, 3.8) is 0 Å². The molecule has 0 unspecified atom stereocenters. The molecule has 0 aliphatic rings. The minimum Gasteiger partial charge on any atom is -0.493 e. The molecule has 2 aromatic carbocycles. The summed E-state index contributed by atoms with van der Waals surface area (Å²) < 4.78 is 61.3. The first-order chi connectivity index (χ1) is 13.4. The van der Waals surface area contributed by atoms with Gasteiger partial charge in [-0.1, -0.05) is 6.07 Å². The van der Waals surface area contributed by atoms with Gasteiger partial charge in [0.1, 0.15) is 11.6 Å². The first-order valence-electron chi connectivity index (χ1n) is 8.43. The Hall–Kier alpha value is -2.97. The molecule has 0 aliphatic heterocycles. The molecule has 0 fully saturated rings. The summed E-state index contributed by atoms with van der Waals surface area (Å²) in [7, 11) is 2.91. The second-order valence-corrected chi connectivity index (χ2v) is 5.70. The van der Waals surface area contributed by atoms with E-state index in [0.29, 0.717) is 18.9 Å². The number of methoxy groups -OCH3 is 1. The molecule has 0 spiro atoms. The minimum atomic E-state index is -2.95. The van der Waals surface area contributed by atoms with Crippen LogP contribution >= 0.6 is 0 Å². The summed E-state index contributed by atoms with van der Waals surface area (Å²) in [6.07, 6.45) is 0.485. The Morgan fingerprint density at radius 3 is 2.54 bits per heavy atom. The van der Waals surface area contributed by atoms with Crippen LogP contribution in [0.4, 0.5) is 17.6 Å². The van der Waals surface area contributed by atoms with E-state index >= 15 is 0 Å². The number of hydrogen-bond donors (Lipinski definition) is 2. The standard InChI is InChI=1S/C19H21F4N3O2/c1-24-19(26-11-13-10-14(20)4-5-15(13)21)25-8-7-12-3-6-16(27-2)17(9-12)28-18(22)23/h3-6,9-10,18H,7-8,11H2,1-2H3,(H2,24,25,26). The van der Waals surface area contributed by atoms with Crippen LogP contribution in [0.2, 0.25) is 0 Å². The summed E-state index contributed by atoms with van der Waals surface area (Å²) in [5.74, 6) is -0.483. The zero-order valence-electron chi connectivity index (χ0n) is 15.4. The minimum absolute atomic E-state index is 0.0425. The van der Waals surface area contributed by atoms with Gasteiger partial charge >= 0.3 is 6.61 Å². The number of nitrogens with one attached hydrogen (secondary N) is 2. The van der Waals surface area contributed by atoms with Crippen LogP contribution in [-0.4, -0.2) is 33.3 Å².